The van der Waals surface area contributed by atoms with Crippen LogP contribution in [0.25, 0.3) is 0 Å². The number of para-hydroxylation sites is 1. The fraction of sp³-hybridized carbons (Fsp3) is 0.276. The Labute approximate surface area is 218 Å². The zero-order valence-electron chi connectivity index (χ0n) is 20.8. The van der Waals surface area contributed by atoms with E-state index in [1.165, 1.54) is 17.7 Å². The smallest absolute Gasteiger partial charge is 0.222 e. The number of guanidine groups is 1. The van der Waals surface area contributed by atoms with Crippen LogP contribution in [0.3, 0.4) is 0 Å². The molecule has 0 saturated carbocycles. The summed E-state index contributed by atoms with van der Waals surface area (Å²) in [6.45, 7) is 3.57. The van der Waals surface area contributed by atoms with Gasteiger partial charge in [0.25, 0.3) is 0 Å². The van der Waals surface area contributed by atoms with Crippen LogP contribution < -0.4 is 15.8 Å². The van der Waals surface area contributed by atoms with E-state index in [4.69, 9.17) is 10.5 Å². The Hall–Kier alpha value is -4.35. The summed E-state index contributed by atoms with van der Waals surface area (Å²) in [6.07, 6.45) is 4.64. The molecule has 0 aliphatic carbocycles. The van der Waals surface area contributed by atoms with Crippen LogP contribution >= 0.6 is 0 Å². The summed E-state index contributed by atoms with van der Waals surface area (Å²) in [5, 5.41) is 13.0. The van der Waals surface area contributed by atoms with Gasteiger partial charge in [-0.3, -0.25) is 4.79 Å². The molecule has 190 valence electrons. The number of amides is 1. The van der Waals surface area contributed by atoms with Crippen LogP contribution in [0.15, 0.2) is 89.9 Å². The Kier molecular flexibility index (Phi) is 9.11. The summed E-state index contributed by atoms with van der Waals surface area (Å²) in [5.74, 6) is 1.27. The van der Waals surface area contributed by atoms with E-state index in [1.54, 1.807) is 24.3 Å². The minimum atomic E-state index is -0.581. The van der Waals surface area contributed by atoms with Crippen LogP contribution in [0.4, 0.5) is 5.69 Å². The second-order valence-corrected chi connectivity index (χ2v) is 8.88. The summed E-state index contributed by atoms with van der Waals surface area (Å²) in [4.78, 5) is 20.9. The molecule has 1 atom stereocenters. The third-order valence-corrected chi connectivity index (χ3v) is 6.24. The summed E-state index contributed by atoms with van der Waals surface area (Å²) in [6, 6.07) is 25.4. The molecule has 1 amide bonds. The van der Waals surface area contributed by atoms with Crippen LogP contribution in [0, 0.1) is 11.5 Å². The van der Waals surface area contributed by atoms with Gasteiger partial charge in [0.1, 0.15) is 11.5 Å². The summed E-state index contributed by atoms with van der Waals surface area (Å²) in [7, 11) is 0. The number of nitrogens with one attached hydrogen (secondary N) is 1. The minimum absolute atomic E-state index is 0.0120. The monoisotopic (exact) mass is 496 g/mol. The van der Waals surface area contributed by atoms with Crippen molar-refractivity contribution in [2.75, 3.05) is 26.2 Å². The second kappa shape index (κ2) is 13.1. The number of aliphatic imine (C=N–C) groups is 1. The molecule has 0 bridgehead atoms. The number of hydrogen-bond acceptors (Lipinski definition) is 5. The molecule has 4 rings (SSSR count). The molecule has 1 fully saturated rings. The lowest BCUT2D eigenvalue weighted by atomic mass is 10.0. The van der Waals surface area contributed by atoms with E-state index >= 15 is 0 Å². The van der Waals surface area contributed by atoms with Crippen LogP contribution in [-0.2, 0) is 4.79 Å². The largest absolute Gasteiger partial charge is 0.457 e. The van der Waals surface area contributed by atoms with E-state index in [0.29, 0.717) is 18.0 Å². The number of carbonyl (C=O) groups is 1. The van der Waals surface area contributed by atoms with Crippen molar-refractivity contribution in [3.63, 3.8) is 0 Å². The Bertz CT molecular complexity index is 1200. The normalized spacial score (nSPS) is 14.5. The first-order chi connectivity index (χ1) is 18.1. The van der Waals surface area contributed by atoms with Crippen molar-refractivity contribution in [1.29, 1.82) is 5.26 Å². The van der Waals surface area contributed by atoms with Gasteiger partial charge in [-0.25, -0.2) is 9.89 Å². The van der Waals surface area contributed by atoms with Gasteiger partial charge in [0, 0.05) is 13.1 Å². The van der Waals surface area contributed by atoms with Crippen LogP contribution in [-0.4, -0.2) is 47.8 Å². The van der Waals surface area contributed by atoms with E-state index in [9.17, 15) is 10.1 Å². The Balaban J connectivity index is 1.44. The number of nitriles is 1. The Morgan fingerprint density at radius 1 is 1.00 bits per heavy atom. The van der Waals surface area contributed by atoms with Crippen molar-refractivity contribution in [1.82, 2.24) is 15.1 Å². The first-order valence-corrected chi connectivity index (χ1v) is 12.5. The molecule has 1 aliphatic heterocycles. The van der Waals surface area contributed by atoms with Gasteiger partial charge in [0.15, 0.2) is 6.19 Å². The van der Waals surface area contributed by atoms with E-state index < -0.39 is 6.04 Å². The zero-order chi connectivity index (χ0) is 25.9. The number of benzene rings is 3. The lowest BCUT2D eigenvalue weighted by Crippen LogP contribution is -2.40. The van der Waals surface area contributed by atoms with Crippen molar-refractivity contribution >= 4 is 17.6 Å². The van der Waals surface area contributed by atoms with Crippen molar-refractivity contribution in [2.24, 2.45) is 10.7 Å². The molecule has 8 nitrogen and oxygen atoms in total. The highest BCUT2D eigenvalue weighted by molar-refractivity contribution is 5.84. The third-order valence-electron chi connectivity index (χ3n) is 6.24. The molecular formula is C29H32N6O2. The van der Waals surface area contributed by atoms with Crippen molar-refractivity contribution < 1.29 is 9.53 Å². The zero-order valence-corrected chi connectivity index (χ0v) is 20.8. The van der Waals surface area contributed by atoms with Crippen LogP contribution in [0.5, 0.6) is 11.5 Å². The summed E-state index contributed by atoms with van der Waals surface area (Å²) < 4.78 is 5.82. The minimum Gasteiger partial charge on any atom is -0.457 e. The number of nitrogens with two attached hydrogens (primary N) is 1. The molecule has 3 aromatic carbocycles. The predicted octanol–water partition coefficient (Wildman–Crippen LogP) is 4.55. The molecule has 1 aliphatic rings. The third kappa shape index (κ3) is 7.56. The molecule has 0 radical (unpaired) electrons. The number of ether oxygens (including phenoxy) is 1. The van der Waals surface area contributed by atoms with Crippen molar-refractivity contribution in [2.45, 2.75) is 25.3 Å². The molecule has 1 unspecified atom stereocenters. The molecule has 0 aromatic heterocycles. The van der Waals surface area contributed by atoms with Crippen molar-refractivity contribution in [3.8, 4) is 17.7 Å². The Morgan fingerprint density at radius 3 is 2.27 bits per heavy atom. The second-order valence-electron chi connectivity index (χ2n) is 8.88. The molecular weight excluding hydrogens is 464 g/mol. The van der Waals surface area contributed by atoms with Gasteiger partial charge in [-0.15, -0.1) is 0 Å². The molecule has 8 heteroatoms. The molecule has 37 heavy (non-hydrogen) atoms. The standard InChI is InChI=1S/C29H32N6O2/c30-22-35(29(31)33-24-13-15-26(16-14-24)37-25-11-5-2-6-12-25)27(23-9-3-1-4-10-23)21-28(36)32-17-20-34-18-7-8-19-34/h1-6,9-16,27H,7-8,17-21H2,(H2,31,33)(H,32,36). The average molecular weight is 497 g/mol. The summed E-state index contributed by atoms with van der Waals surface area (Å²) >= 11 is 0. The number of hydrogen-bond donors (Lipinski definition) is 2. The number of nitrogens with zero attached hydrogens (tertiary/aromatic N) is 4. The number of likely N-dealkylation sites (tertiary alicyclic amines) is 1. The van der Waals surface area contributed by atoms with Gasteiger partial charge >= 0.3 is 0 Å². The van der Waals surface area contributed by atoms with E-state index in [-0.39, 0.29) is 18.3 Å². The average Bonchev–Trinajstić information content (AvgIpc) is 3.44. The van der Waals surface area contributed by atoms with Gasteiger partial charge < -0.3 is 20.7 Å². The van der Waals surface area contributed by atoms with Crippen LogP contribution in [0.1, 0.15) is 30.9 Å². The lowest BCUT2D eigenvalue weighted by molar-refractivity contribution is -0.121. The fourth-order valence-electron chi connectivity index (χ4n) is 4.32. The summed E-state index contributed by atoms with van der Waals surface area (Å²) in [5.41, 5.74) is 7.68. The SMILES string of the molecule is N#CN(C(N)=Nc1ccc(Oc2ccccc2)cc1)C(CC(=O)NCCN1CCCC1)c1ccccc1. The number of rotatable bonds is 10. The molecule has 1 saturated heterocycles. The van der Waals surface area contributed by atoms with Gasteiger partial charge in [0.05, 0.1) is 18.2 Å². The molecule has 1 heterocycles. The first kappa shape index (κ1) is 25.7. The quantitative estimate of drug-likeness (QED) is 0.185. The fourth-order valence-corrected chi connectivity index (χ4v) is 4.32. The van der Waals surface area contributed by atoms with Gasteiger partial charge in [-0.1, -0.05) is 48.5 Å². The molecule has 0 spiro atoms. The lowest BCUT2D eigenvalue weighted by Gasteiger charge is -2.26. The maximum Gasteiger partial charge on any atom is 0.222 e. The Morgan fingerprint density at radius 2 is 1.62 bits per heavy atom. The number of carbonyl (C=O) groups excluding carboxylic acids is 1. The maximum atomic E-state index is 12.8. The van der Waals surface area contributed by atoms with Gasteiger partial charge in [-0.2, -0.15) is 5.26 Å². The van der Waals surface area contributed by atoms with E-state index in [1.807, 2.05) is 60.7 Å². The maximum absolute atomic E-state index is 12.8. The highest BCUT2D eigenvalue weighted by Crippen LogP contribution is 2.26. The topological polar surface area (TPSA) is 107 Å². The first-order valence-electron chi connectivity index (χ1n) is 12.5. The van der Waals surface area contributed by atoms with Crippen molar-refractivity contribution in [3.05, 3.63) is 90.5 Å². The van der Waals surface area contributed by atoms with E-state index in [2.05, 4.69) is 21.4 Å². The van der Waals surface area contributed by atoms with Gasteiger partial charge in [0.2, 0.25) is 11.9 Å². The molecule has 3 N–H and O–H groups in total. The predicted molar refractivity (Wildman–Crippen MR) is 144 cm³/mol. The van der Waals surface area contributed by atoms with E-state index in [0.717, 1.165) is 30.9 Å². The molecule has 3 aromatic rings. The van der Waals surface area contributed by atoms with Gasteiger partial charge in [-0.05, 0) is 67.9 Å². The highest BCUT2D eigenvalue weighted by atomic mass is 16.5. The highest BCUT2D eigenvalue weighted by Gasteiger charge is 2.25. The van der Waals surface area contributed by atoms with Crippen LogP contribution in [0.2, 0.25) is 0 Å².